The second kappa shape index (κ2) is 10.3. The van der Waals surface area contributed by atoms with E-state index < -0.39 is 0 Å². The van der Waals surface area contributed by atoms with Gasteiger partial charge in [-0.25, -0.2) is 0 Å². The number of aromatic amines is 1. The molecule has 2 N–H and O–H groups in total. The topological polar surface area (TPSA) is 48.4 Å². The first-order chi connectivity index (χ1) is 20.4. The maximum Gasteiger partial charge on any atom is 0.119 e. The normalized spacial score (nSPS) is 12.3. The Morgan fingerprint density at radius 1 is 0.690 bits per heavy atom. The molecule has 7 rings (SSSR count). The van der Waals surface area contributed by atoms with Crippen LogP contribution < -0.4 is 5.36 Å². The van der Waals surface area contributed by atoms with Crippen molar-refractivity contribution in [2.75, 3.05) is 0 Å². The number of rotatable bonds is 4. The van der Waals surface area contributed by atoms with Crippen molar-refractivity contribution in [3.05, 3.63) is 125 Å². The van der Waals surface area contributed by atoms with E-state index in [1.165, 1.54) is 38.8 Å². The van der Waals surface area contributed by atoms with Gasteiger partial charge in [0.15, 0.2) is 0 Å². The summed E-state index contributed by atoms with van der Waals surface area (Å²) >= 11 is 1.73. The van der Waals surface area contributed by atoms with Crippen molar-refractivity contribution in [3.63, 3.8) is 0 Å². The third kappa shape index (κ3) is 4.40. The average Bonchev–Trinajstić information content (AvgIpc) is 3.40. The average molecular weight is 565 g/mol. The van der Waals surface area contributed by atoms with E-state index >= 15 is 0 Å². The Bertz CT molecular complexity index is 2180. The third-order valence-electron chi connectivity index (χ3n) is 8.30. The Balaban J connectivity index is 1.54. The molecule has 0 aliphatic rings. The Morgan fingerprint density at radius 3 is 1.98 bits per heavy atom. The van der Waals surface area contributed by atoms with E-state index in [0.717, 1.165) is 42.5 Å². The molecule has 42 heavy (non-hydrogen) atoms. The quantitative estimate of drug-likeness (QED) is 0.125. The first-order valence-corrected chi connectivity index (χ1v) is 15.2. The zero-order valence-electron chi connectivity index (χ0n) is 24.2. The van der Waals surface area contributed by atoms with Crippen LogP contribution in [-0.2, 0) is 0 Å². The summed E-state index contributed by atoms with van der Waals surface area (Å²) < 4.78 is 2.20. The Morgan fingerprint density at radius 2 is 1.31 bits per heavy atom. The van der Waals surface area contributed by atoms with Crippen LogP contribution in [0.25, 0.3) is 64.6 Å². The molecule has 0 atom stereocenters. The highest BCUT2D eigenvalue weighted by molar-refractivity contribution is 7.24. The van der Waals surface area contributed by atoms with Gasteiger partial charge in [-0.1, -0.05) is 103 Å². The van der Waals surface area contributed by atoms with E-state index in [2.05, 4.69) is 141 Å². The van der Waals surface area contributed by atoms with Gasteiger partial charge in [-0.3, -0.25) is 0 Å². The molecule has 0 saturated heterocycles. The summed E-state index contributed by atoms with van der Waals surface area (Å²) in [6.07, 6.45) is 0. The van der Waals surface area contributed by atoms with Crippen LogP contribution in [0.15, 0.2) is 108 Å². The lowest BCUT2D eigenvalue weighted by Gasteiger charge is -2.11. The van der Waals surface area contributed by atoms with Crippen LogP contribution in [-0.4, -0.2) is 10.2 Å². The molecule has 0 aliphatic heterocycles. The number of aromatic nitrogens is 1. The van der Waals surface area contributed by atoms with Crippen molar-refractivity contribution in [2.45, 2.75) is 33.6 Å². The van der Waals surface area contributed by atoms with E-state index in [1.54, 1.807) is 11.3 Å². The number of aryl methyl sites for hydroxylation is 2. The van der Waals surface area contributed by atoms with E-state index in [4.69, 9.17) is 0 Å². The Hall–Kier alpha value is -4.67. The highest BCUT2D eigenvalue weighted by Gasteiger charge is 2.19. The molecule has 5 aromatic carbocycles. The fourth-order valence-corrected chi connectivity index (χ4v) is 7.00. The molecule has 206 valence electrons. The number of hydrogen-bond donors (Lipinski definition) is 2. The highest BCUT2D eigenvalue weighted by Crippen LogP contribution is 2.43. The third-order valence-corrected chi connectivity index (χ3v) is 9.45. The molecular formula is C38H32N2OS. The Kier molecular flexibility index (Phi) is 6.44. The molecule has 0 saturated carbocycles. The monoisotopic (exact) mass is 564 g/mol. The van der Waals surface area contributed by atoms with Gasteiger partial charge in [0.1, 0.15) is 5.36 Å². The minimum absolute atomic E-state index is 0.388. The second-order valence-corrected chi connectivity index (χ2v) is 12.6. The fraction of sp³-hybridized carbons (Fsp3) is 0.132. The van der Waals surface area contributed by atoms with Crippen LogP contribution in [0.4, 0.5) is 0 Å². The smallest absolute Gasteiger partial charge is 0.119 e. The SMILES string of the molecule is Cc1ccc(-c2cccc3[nH]c(-c4ccc5sc6ccc(C(C)C)cc6c(=NO)c5c4)c(-c4ccc(C)cc4)c23)cc1. The summed E-state index contributed by atoms with van der Waals surface area (Å²) in [5.74, 6) is 0.388. The van der Waals surface area contributed by atoms with Crippen molar-refractivity contribution in [1.29, 1.82) is 0 Å². The van der Waals surface area contributed by atoms with Crippen molar-refractivity contribution in [1.82, 2.24) is 4.98 Å². The van der Waals surface area contributed by atoms with E-state index in [9.17, 15) is 5.21 Å². The predicted molar refractivity (Wildman–Crippen MR) is 178 cm³/mol. The molecule has 4 heteroatoms. The molecule has 0 fully saturated rings. The first kappa shape index (κ1) is 26.2. The lowest BCUT2D eigenvalue weighted by molar-refractivity contribution is 0.304. The largest absolute Gasteiger partial charge is 0.410 e. The summed E-state index contributed by atoms with van der Waals surface area (Å²) in [7, 11) is 0. The zero-order chi connectivity index (χ0) is 29.0. The van der Waals surface area contributed by atoms with Gasteiger partial charge >= 0.3 is 0 Å². The van der Waals surface area contributed by atoms with Crippen LogP contribution in [0.3, 0.4) is 0 Å². The fourth-order valence-electron chi connectivity index (χ4n) is 5.96. The molecule has 0 unspecified atom stereocenters. The van der Waals surface area contributed by atoms with Gasteiger partial charge in [-0.05, 0) is 77.9 Å². The van der Waals surface area contributed by atoms with E-state index in [1.807, 2.05) is 0 Å². The van der Waals surface area contributed by atoms with Crippen molar-refractivity contribution < 1.29 is 5.21 Å². The number of hydrogen-bond acceptors (Lipinski definition) is 3. The molecule has 0 aliphatic carbocycles. The standard InChI is InChI=1S/C38H32N2OS/c1-22(2)27-16-18-33-30(20-27)38(40-41)31-21-28(17-19-34(31)42-33)37-35(26-14-10-24(4)11-15-26)36-29(6-5-7-32(36)39-37)25-12-8-23(3)9-13-25/h5-22,39,41H,1-4H3. The first-order valence-electron chi connectivity index (χ1n) is 14.4. The number of nitrogens with zero attached hydrogens (tertiary/aromatic N) is 1. The number of benzene rings is 5. The van der Waals surface area contributed by atoms with Crippen molar-refractivity contribution in [3.8, 4) is 33.5 Å². The lowest BCUT2D eigenvalue weighted by Crippen LogP contribution is -2.05. The maximum absolute atomic E-state index is 10.3. The van der Waals surface area contributed by atoms with Gasteiger partial charge in [0, 0.05) is 36.6 Å². The van der Waals surface area contributed by atoms with Gasteiger partial charge in [0.25, 0.3) is 0 Å². The van der Waals surface area contributed by atoms with Crippen LogP contribution in [0, 0.1) is 13.8 Å². The number of nitrogens with one attached hydrogen (secondary N) is 1. The molecule has 0 radical (unpaired) electrons. The van der Waals surface area contributed by atoms with Gasteiger partial charge in [0.05, 0.1) is 5.69 Å². The van der Waals surface area contributed by atoms with Crippen molar-refractivity contribution >= 4 is 42.4 Å². The predicted octanol–water partition coefficient (Wildman–Crippen LogP) is 10.6. The van der Waals surface area contributed by atoms with Crippen LogP contribution >= 0.6 is 11.3 Å². The van der Waals surface area contributed by atoms with E-state index in [-0.39, 0.29) is 0 Å². The van der Waals surface area contributed by atoms with Crippen LogP contribution in [0.2, 0.25) is 0 Å². The van der Waals surface area contributed by atoms with Crippen molar-refractivity contribution in [2.24, 2.45) is 5.16 Å². The minimum Gasteiger partial charge on any atom is -0.410 e. The minimum atomic E-state index is 0.388. The Labute approximate surface area is 249 Å². The maximum atomic E-state index is 10.3. The molecule has 0 amide bonds. The second-order valence-electron chi connectivity index (χ2n) is 11.5. The van der Waals surface area contributed by atoms with E-state index in [0.29, 0.717) is 11.3 Å². The lowest BCUT2D eigenvalue weighted by atomic mass is 9.92. The number of fused-ring (bicyclic) bond motifs is 3. The molecular weight excluding hydrogens is 532 g/mol. The summed E-state index contributed by atoms with van der Waals surface area (Å²) in [4.78, 5) is 3.79. The molecule has 0 spiro atoms. The van der Waals surface area contributed by atoms with Gasteiger partial charge in [-0.2, -0.15) is 0 Å². The number of H-pyrrole nitrogens is 1. The van der Waals surface area contributed by atoms with Crippen LogP contribution in [0.5, 0.6) is 0 Å². The van der Waals surface area contributed by atoms with Gasteiger partial charge in [-0.15, -0.1) is 11.3 Å². The summed E-state index contributed by atoms with van der Waals surface area (Å²) in [5.41, 5.74) is 11.6. The van der Waals surface area contributed by atoms with Crippen LogP contribution in [0.1, 0.15) is 36.5 Å². The van der Waals surface area contributed by atoms with Gasteiger partial charge < -0.3 is 10.2 Å². The summed E-state index contributed by atoms with van der Waals surface area (Å²) in [6.45, 7) is 8.62. The summed E-state index contributed by atoms with van der Waals surface area (Å²) in [6, 6.07) is 37.1. The molecule has 3 nitrogen and oxygen atoms in total. The molecule has 7 aromatic rings. The van der Waals surface area contributed by atoms with Gasteiger partial charge in [0.2, 0.25) is 0 Å². The summed E-state index contributed by atoms with van der Waals surface area (Å²) in [5, 5.41) is 17.9. The molecule has 2 aromatic heterocycles. The zero-order valence-corrected chi connectivity index (χ0v) is 25.0. The molecule has 0 bridgehead atoms. The molecule has 2 heterocycles. The highest BCUT2D eigenvalue weighted by atomic mass is 32.1.